The number of fused-ring (bicyclic) bond motifs is 2. The van der Waals surface area contributed by atoms with Gasteiger partial charge in [0.15, 0.2) is 0 Å². The van der Waals surface area contributed by atoms with Gasteiger partial charge < -0.3 is 10.1 Å². The molecule has 2 heterocycles. The number of hydrogen-bond acceptors (Lipinski definition) is 6. The van der Waals surface area contributed by atoms with Gasteiger partial charge in [0.2, 0.25) is 0 Å². The summed E-state index contributed by atoms with van der Waals surface area (Å²) in [6.07, 6.45) is 8.47. The maximum absolute atomic E-state index is 13.6. The van der Waals surface area contributed by atoms with Crippen molar-refractivity contribution in [2.45, 2.75) is 71.3 Å². The quantitative estimate of drug-likeness (QED) is 0.673. The molecule has 5 rings (SSSR count). The van der Waals surface area contributed by atoms with Crippen LogP contribution >= 0.6 is 0 Å². The largest absolute Gasteiger partial charge is 0.381 e. The highest BCUT2D eigenvalue weighted by Crippen LogP contribution is 2.38. The smallest absolute Gasteiger partial charge is 0.334 e. The van der Waals surface area contributed by atoms with Gasteiger partial charge in [-0.25, -0.2) is 23.8 Å². The first-order chi connectivity index (χ1) is 16.3. The number of nitrogens with zero attached hydrogens (tertiary/aromatic N) is 3. The molecule has 10 heteroatoms. The number of anilines is 2. The van der Waals surface area contributed by atoms with Crippen molar-refractivity contribution in [2.24, 2.45) is 0 Å². The first-order valence-electron chi connectivity index (χ1n) is 12.0. The average molecular weight is 486 g/mol. The number of benzene rings is 1. The van der Waals surface area contributed by atoms with E-state index in [9.17, 15) is 13.2 Å². The van der Waals surface area contributed by atoms with Gasteiger partial charge in [-0.05, 0) is 87.5 Å². The summed E-state index contributed by atoms with van der Waals surface area (Å²) in [5, 5.41) is 2.92. The predicted molar refractivity (Wildman–Crippen MR) is 129 cm³/mol. The van der Waals surface area contributed by atoms with Crippen LogP contribution in [0.2, 0.25) is 0 Å². The number of rotatable bonds is 5. The predicted octanol–water partition coefficient (Wildman–Crippen LogP) is 3.12. The van der Waals surface area contributed by atoms with Crippen LogP contribution in [0.1, 0.15) is 59.5 Å². The molecule has 0 spiro atoms. The number of aryl methyl sites for hydroxylation is 4. The van der Waals surface area contributed by atoms with Crippen LogP contribution in [-0.4, -0.2) is 43.7 Å². The van der Waals surface area contributed by atoms with Gasteiger partial charge in [-0.2, -0.15) is 8.42 Å². The third-order valence-electron chi connectivity index (χ3n) is 7.03. The van der Waals surface area contributed by atoms with Gasteiger partial charge in [-0.3, -0.25) is 0 Å². The molecule has 0 radical (unpaired) electrons. The van der Waals surface area contributed by atoms with Crippen LogP contribution in [0.5, 0.6) is 0 Å². The summed E-state index contributed by atoms with van der Waals surface area (Å²) in [5.74, 6) is 0.558. The lowest BCUT2D eigenvalue weighted by Crippen LogP contribution is -2.51. The Labute approximate surface area is 200 Å². The summed E-state index contributed by atoms with van der Waals surface area (Å²) >= 11 is 0. The molecule has 1 aromatic heterocycles. The second-order valence-corrected chi connectivity index (χ2v) is 10.9. The van der Waals surface area contributed by atoms with Gasteiger partial charge >= 0.3 is 16.2 Å². The molecule has 0 bridgehead atoms. The Morgan fingerprint density at radius 3 is 2.32 bits per heavy atom. The molecule has 1 saturated heterocycles. The first-order valence-corrected chi connectivity index (χ1v) is 13.4. The second-order valence-electron chi connectivity index (χ2n) is 9.32. The molecule has 1 aromatic carbocycles. The highest BCUT2D eigenvalue weighted by molar-refractivity contribution is 7.91. The van der Waals surface area contributed by atoms with E-state index < -0.39 is 16.2 Å². The Morgan fingerprint density at radius 1 is 1.06 bits per heavy atom. The van der Waals surface area contributed by atoms with Crippen molar-refractivity contribution in [2.75, 3.05) is 22.8 Å². The third-order valence-corrected chi connectivity index (χ3v) is 8.48. The molecule has 0 saturated carbocycles. The van der Waals surface area contributed by atoms with Crippen molar-refractivity contribution >= 4 is 27.6 Å². The maximum atomic E-state index is 13.6. The molecule has 2 amide bonds. The average Bonchev–Trinajstić information content (AvgIpc) is 3.45. The molecular formula is C24H31N5O4S. The zero-order valence-corrected chi connectivity index (χ0v) is 20.5. The zero-order chi connectivity index (χ0) is 23.9. The molecule has 182 valence electrons. The second kappa shape index (κ2) is 9.14. The Kier molecular flexibility index (Phi) is 6.20. The number of carbonyl (C=O) groups excluding carboxylic acids is 1. The van der Waals surface area contributed by atoms with Crippen LogP contribution in [-0.2, 0) is 40.6 Å². The number of ether oxygens (including phenoxy) is 1. The van der Waals surface area contributed by atoms with Gasteiger partial charge in [0.05, 0.1) is 23.6 Å². The minimum atomic E-state index is -4.22. The van der Waals surface area contributed by atoms with Crippen LogP contribution < -0.4 is 14.3 Å². The molecule has 0 atom stereocenters. The van der Waals surface area contributed by atoms with Gasteiger partial charge in [0.1, 0.15) is 5.82 Å². The zero-order valence-electron chi connectivity index (χ0n) is 19.7. The van der Waals surface area contributed by atoms with E-state index in [4.69, 9.17) is 4.74 Å². The molecular weight excluding hydrogens is 454 g/mol. The minimum Gasteiger partial charge on any atom is -0.381 e. The standard InChI is InChI=1S/C24H31N5O4S/c1-15-22(14-25-16(2)26-15)29(19-9-11-33-12-10-19)34(31,32)28-24(30)27-23-20-7-3-5-17(20)13-18-6-4-8-21(18)23/h13-14,19H,3-12H2,1-2H3,(H2,27,28,30). The molecule has 2 aliphatic carbocycles. The maximum Gasteiger partial charge on any atom is 0.334 e. The van der Waals surface area contributed by atoms with Crippen LogP contribution in [0.15, 0.2) is 12.3 Å². The Morgan fingerprint density at radius 2 is 1.71 bits per heavy atom. The Balaban J connectivity index is 1.44. The van der Waals surface area contributed by atoms with Crippen molar-refractivity contribution in [1.82, 2.24) is 14.7 Å². The fourth-order valence-electron chi connectivity index (χ4n) is 5.51. The highest BCUT2D eigenvalue weighted by atomic mass is 32.2. The van der Waals surface area contributed by atoms with E-state index in [-0.39, 0.29) is 6.04 Å². The lowest BCUT2D eigenvalue weighted by molar-refractivity contribution is 0.0875. The Hall–Kier alpha value is -2.72. The number of carbonyl (C=O) groups is 1. The first kappa shape index (κ1) is 23.0. The van der Waals surface area contributed by atoms with Crippen LogP contribution in [0.4, 0.5) is 16.2 Å². The lowest BCUT2D eigenvalue weighted by atomic mass is 9.99. The van der Waals surface area contributed by atoms with E-state index in [2.05, 4.69) is 26.1 Å². The molecule has 0 unspecified atom stereocenters. The van der Waals surface area contributed by atoms with Crippen molar-refractivity contribution < 1.29 is 17.9 Å². The topological polar surface area (TPSA) is 114 Å². The molecule has 3 aliphatic rings. The van der Waals surface area contributed by atoms with Crippen molar-refractivity contribution in [3.63, 3.8) is 0 Å². The Bertz CT molecular complexity index is 1190. The van der Waals surface area contributed by atoms with E-state index in [1.54, 1.807) is 13.8 Å². The highest BCUT2D eigenvalue weighted by Gasteiger charge is 2.35. The van der Waals surface area contributed by atoms with E-state index in [0.717, 1.165) is 55.3 Å². The summed E-state index contributed by atoms with van der Waals surface area (Å²) in [5.41, 5.74) is 6.57. The van der Waals surface area contributed by atoms with E-state index in [1.165, 1.54) is 21.6 Å². The van der Waals surface area contributed by atoms with Crippen LogP contribution in [0.3, 0.4) is 0 Å². The van der Waals surface area contributed by atoms with Crippen LogP contribution in [0.25, 0.3) is 0 Å². The van der Waals surface area contributed by atoms with E-state index in [1.807, 2.05) is 0 Å². The number of urea groups is 1. The lowest BCUT2D eigenvalue weighted by Gasteiger charge is -2.35. The van der Waals surface area contributed by atoms with Gasteiger partial charge in [0, 0.05) is 18.9 Å². The normalized spacial score (nSPS) is 17.8. The van der Waals surface area contributed by atoms with Crippen molar-refractivity contribution in [1.29, 1.82) is 0 Å². The molecule has 2 aromatic rings. The van der Waals surface area contributed by atoms with Crippen molar-refractivity contribution in [3.8, 4) is 0 Å². The summed E-state index contributed by atoms with van der Waals surface area (Å²) in [4.78, 5) is 21.7. The fraction of sp³-hybridized carbons (Fsp3) is 0.542. The molecule has 9 nitrogen and oxygen atoms in total. The minimum absolute atomic E-state index is 0.353. The molecule has 1 aliphatic heterocycles. The molecule has 1 fully saturated rings. The number of aromatic nitrogens is 2. The van der Waals surface area contributed by atoms with Gasteiger partial charge in [-0.1, -0.05) is 6.07 Å². The number of nitrogens with one attached hydrogen (secondary N) is 2. The van der Waals surface area contributed by atoms with Crippen molar-refractivity contribution in [3.05, 3.63) is 46.0 Å². The molecule has 2 N–H and O–H groups in total. The fourth-order valence-corrected chi connectivity index (χ4v) is 6.93. The summed E-state index contributed by atoms with van der Waals surface area (Å²) < 4.78 is 36.2. The van der Waals surface area contributed by atoms with Gasteiger partial charge in [0.25, 0.3) is 0 Å². The third kappa shape index (κ3) is 4.36. The number of amides is 2. The number of hydrogen-bond donors (Lipinski definition) is 2. The summed E-state index contributed by atoms with van der Waals surface area (Å²) in [6.45, 7) is 4.42. The summed E-state index contributed by atoms with van der Waals surface area (Å²) in [6, 6.07) is 1.18. The SMILES string of the molecule is Cc1ncc(N(C2CCOCC2)S(=O)(=O)NC(=O)Nc2c3c(cc4c2CCC4)CCC3)c(C)n1. The van der Waals surface area contributed by atoms with E-state index >= 15 is 0 Å². The monoisotopic (exact) mass is 485 g/mol. The molecule has 34 heavy (non-hydrogen) atoms. The van der Waals surface area contributed by atoms with Crippen LogP contribution in [0, 0.1) is 13.8 Å². The van der Waals surface area contributed by atoms with Gasteiger partial charge in [-0.15, -0.1) is 0 Å². The summed E-state index contributed by atoms with van der Waals surface area (Å²) in [7, 11) is -4.22. The van der Waals surface area contributed by atoms with E-state index in [0.29, 0.717) is 43.3 Å².